The molecule has 5 nitrogen and oxygen atoms in total. The minimum atomic E-state index is 0.0331. The number of Topliss-reactive ketones (excluding diaryl/α,β-unsaturated/α-hetero) is 1. The number of hydrogen-bond donors (Lipinski definition) is 2. The highest BCUT2D eigenvalue weighted by Gasteiger charge is 2.41. The zero-order valence-electron chi connectivity index (χ0n) is 14.7. The van der Waals surface area contributed by atoms with Gasteiger partial charge in [-0.05, 0) is 42.9 Å². The molecule has 0 fully saturated rings. The molecule has 0 radical (unpaired) electrons. The molecule has 1 aliphatic heterocycles. The third-order valence-corrected chi connectivity index (χ3v) is 5.33. The number of benzene rings is 1. The molecule has 0 unspecified atom stereocenters. The molecule has 25 heavy (non-hydrogen) atoms. The molecular formula is C20H22N2O3. The molecule has 0 amide bonds. The number of aromatic hydroxyl groups is 1. The molecule has 0 bridgehead atoms. The lowest BCUT2D eigenvalue weighted by Crippen LogP contribution is -2.31. The van der Waals surface area contributed by atoms with Gasteiger partial charge in [0.1, 0.15) is 5.75 Å². The lowest BCUT2D eigenvalue weighted by molar-refractivity contribution is -0.116. The minimum absolute atomic E-state index is 0.0331. The van der Waals surface area contributed by atoms with Crippen LogP contribution in [0.3, 0.4) is 0 Å². The van der Waals surface area contributed by atoms with Crippen LogP contribution in [-0.4, -0.2) is 16.0 Å². The third-order valence-electron chi connectivity index (χ3n) is 5.33. The van der Waals surface area contributed by atoms with Gasteiger partial charge in [-0.25, -0.2) is 0 Å². The first-order valence-electron chi connectivity index (χ1n) is 8.74. The predicted octanol–water partition coefficient (Wildman–Crippen LogP) is 4.25. The number of aromatic nitrogens is 1. The summed E-state index contributed by atoms with van der Waals surface area (Å²) in [6.45, 7) is 6.20. The lowest BCUT2D eigenvalue weighted by atomic mass is 9.71. The molecule has 0 spiro atoms. The van der Waals surface area contributed by atoms with Crippen molar-refractivity contribution in [3.05, 3.63) is 52.4 Å². The van der Waals surface area contributed by atoms with Crippen LogP contribution in [0.4, 0.5) is 5.88 Å². The van der Waals surface area contributed by atoms with Gasteiger partial charge < -0.3 is 14.9 Å². The summed E-state index contributed by atoms with van der Waals surface area (Å²) in [4.78, 5) is 13.0. The molecule has 4 rings (SSSR count). The van der Waals surface area contributed by atoms with Gasteiger partial charge in [0.15, 0.2) is 5.78 Å². The number of phenols is 1. The number of nitrogens with one attached hydrogen (secondary N) is 1. The number of fused-ring (bicyclic) bond motifs is 1. The minimum Gasteiger partial charge on any atom is -0.508 e. The summed E-state index contributed by atoms with van der Waals surface area (Å²) in [6, 6.07) is 7.14. The Morgan fingerprint density at radius 2 is 1.96 bits per heavy atom. The van der Waals surface area contributed by atoms with E-state index < -0.39 is 0 Å². The van der Waals surface area contributed by atoms with Crippen molar-refractivity contribution in [2.75, 3.05) is 5.32 Å². The van der Waals surface area contributed by atoms with Gasteiger partial charge in [-0.15, -0.1) is 0 Å². The Balaban J connectivity index is 1.74. The largest absolute Gasteiger partial charge is 0.508 e. The molecule has 1 aromatic heterocycles. The van der Waals surface area contributed by atoms with Crippen LogP contribution in [0, 0.1) is 12.8 Å². The fourth-order valence-corrected chi connectivity index (χ4v) is 4.17. The van der Waals surface area contributed by atoms with E-state index in [1.165, 1.54) is 0 Å². The van der Waals surface area contributed by atoms with E-state index in [1.54, 1.807) is 12.1 Å². The normalized spacial score (nSPS) is 22.6. The Hall–Kier alpha value is -2.56. The number of carbonyl (C=O) groups is 1. The molecule has 1 aromatic carbocycles. The van der Waals surface area contributed by atoms with Crippen LogP contribution < -0.4 is 5.32 Å². The molecular weight excluding hydrogens is 316 g/mol. The Labute approximate surface area is 146 Å². The van der Waals surface area contributed by atoms with Crippen LogP contribution in [0.25, 0.3) is 0 Å². The van der Waals surface area contributed by atoms with Gasteiger partial charge in [-0.1, -0.05) is 31.1 Å². The van der Waals surface area contributed by atoms with E-state index in [0.717, 1.165) is 34.5 Å². The van der Waals surface area contributed by atoms with Crippen LogP contribution >= 0.6 is 0 Å². The smallest absolute Gasteiger partial charge is 0.232 e. The number of anilines is 1. The van der Waals surface area contributed by atoms with Gasteiger partial charge in [0.05, 0.1) is 5.69 Å². The van der Waals surface area contributed by atoms with Gasteiger partial charge in [-0.2, -0.15) is 0 Å². The highest BCUT2D eigenvalue weighted by molar-refractivity contribution is 6.00. The second-order valence-corrected chi connectivity index (χ2v) is 7.37. The summed E-state index contributed by atoms with van der Waals surface area (Å²) in [5.74, 6) is 1.54. The highest BCUT2D eigenvalue weighted by Crippen LogP contribution is 2.49. The summed E-state index contributed by atoms with van der Waals surface area (Å²) >= 11 is 0. The van der Waals surface area contributed by atoms with Gasteiger partial charge in [0, 0.05) is 29.2 Å². The van der Waals surface area contributed by atoms with E-state index in [4.69, 9.17) is 4.52 Å². The second kappa shape index (κ2) is 5.76. The first-order chi connectivity index (χ1) is 12.0. The van der Waals surface area contributed by atoms with E-state index in [-0.39, 0.29) is 29.3 Å². The van der Waals surface area contributed by atoms with Crippen molar-refractivity contribution < 1.29 is 14.4 Å². The Morgan fingerprint density at radius 1 is 1.24 bits per heavy atom. The number of ketones is 1. The first kappa shape index (κ1) is 15.9. The molecule has 2 N–H and O–H groups in total. The van der Waals surface area contributed by atoms with Gasteiger partial charge in [-0.3, -0.25) is 4.79 Å². The van der Waals surface area contributed by atoms with Crippen molar-refractivity contribution >= 4 is 11.7 Å². The summed E-state index contributed by atoms with van der Waals surface area (Å²) in [6.07, 6.45) is 1.25. The fourth-order valence-electron chi connectivity index (χ4n) is 4.17. The monoisotopic (exact) mass is 338 g/mol. The van der Waals surface area contributed by atoms with E-state index >= 15 is 0 Å². The molecule has 0 saturated carbocycles. The zero-order chi connectivity index (χ0) is 17.7. The topological polar surface area (TPSA) is 75.4 Å². The Kier molecular flexibility index (Phi) is 3.67. The summed E-state index contributed by atoms with van der Waals surface area (Å²) < 4.78 is 5.47. The average Bonchev–Trinajstić information content (AvgIpc) is 2.94. The van der Waals surface area contributed by atoms with Crippen molar-refractivity contribution in [1.82, 2.24) is 5.16 Å². The van der Waals surface area contributed by atoms with Crippen LogP contribution in [0.15, 0.2) is 40.1 Å². The Bertz CT molecular complexity index is 862. The van der Waals surface area contributed by atoms with Crippen LogP contribution in [0.5, 0.6) is 5.75 Å². The standard InChI is InChI=1S/C20H22N2O3/c1-10(2)17-18-11(3)22-25-20(18)21-15-8-13(9-16(24)19(15)17)12-4-6-14(23)7-5-12/h4-7,10,13,17,21,23H,8-9H2,1-3H3/t13-,17+/m0/s1. The molecule has 2 aliphatic rings. The number of allylic oxidation sites excluding steroid dienone is 2. The van der Waals surface area contributed by atoms with E-state index in [2.05, 4.69) is 24.3 Å². The molecule has 5 heteroatoms. The number of rotatable bonds is 2. The van der Waals surface area contributed by atoms with E-state index in [0.29, 0.717) is 12.3 Å². The van der Waals surface area contributed by atoms with Gasteiger partial charge >= 0.3 is 0 Å². The quantitative estimate of drug-likeness (QED) is 0.856. The molecule has 130 valence electrons. The van der Waals surface area contributed by atoms with Crippen LogP contribution in [0.2, 0.25) is 0 Å². The highest BCUT2D eigenvalue weighted by atomic mass is 16.5. The van der Waals surface area contributed by atoms with Crippen molar-refractivity contribution in [3.8, 4) is 5.75 Å². The SMILES string of the molecule is Cc1noc2c1[C@@H](C(C)C)C1=C(C[C@H](c3ccc(O)cc3)CC1=O)N2. The second-order valence-electron chi connectivity index (χ2n) is 7.37. The van der Waals surface area contributed by atoms with Gasteiger partial charge in [0.2, 0.25) is 5.88 Å². The predicted molar refractivity (Wildman–Crippen MR) is 94.6 cm³/mol. The number of aryl methyl sites for hydroxylation is 1. The van der Waals surface area contributed by atoms with Crippen LogP contribution in [-0.2, 0) is 4.79 Å². The molecule has 2 aromatic rings. The maximum absolute atomic E-state index is 13.0. The van der Waals surface area contributed by atoms with E-state index in [1.807, 2.05) is 19.1 Å². The van der Waals surface area contributed by atoms with Crippen molar-refractivity contribution in [3.63, 3.8) is 0 Å². The van der Waals surface area contributed by atoms with Gasteiger partial charge in [0.25, 0.3) is 0 Å². The van der Waals surface area contributed by atoms with Crippen LogP contribution in [0.1, 0.15) is 55.3 Å². The number of phenolic OH excluding ortho intramolecular Hbond substituents is 1. The maximum Gasteiger partial charge on any atom is 0.232 e. The lowest BCUT2D eigenvalue weighted by Gasteiger charge is -2.35. The molecule has 1 aliphatic carbocycles. The summed E-state index contributed by atoms with van der Waals surface area (Å²) in [5, 5.41) is 16.9. The van der Waals surface area contributed by atoms with E-state index in [9.17, 15) is 9.90 Å². The average molecular weight is 338 g/mol. The fraction of sp³-hybridized carbons (Fsp3) is 0.400. The molecule has 0 saturated heterocycles. The number of nitrogens with zero attached hydrogens (tertiary/aromatic N) is 1. The first-order valence-corrected chi connectivity index (χ1v) is 8.74. The number of hydrogen-bond acceptors (Lipinski definition) is 5. The Morgan fingerprint density at radius 3 is 2.64 bits per heavy atom. The summed E-state index contributed by atoms with van der Waals surface area (Å²) in [7, 11) is 0. The molecule has 2 atom stereocenters. The van der Waals surface area contributed by atoms with Crippen molar-refractivity contribution in [1.29, 1.82) is 0 Å². The number of carbonyl (C=O) groups excluding carboxylic acids is 1. The zero-order valence-corrected chi connectivity index (χ0v) is 14.7. The molecule has 2 heterocycles. The van der Waals surface area contributed by atoms with Crippen molar-refractivity contribution in [2.24, 2.45) is 5.92 Å². The summed E-state index contributed by atoms with van der Waals surface area (Å²) in [5.41, 5.74) is 4.78. The maximum atomic E-state index is 13.0. The third kappa shape index (κ3) is 2.54. The van der Waals surface area contributed by atoms with Crippen molar-refractivity contribution in [2.45, 2.75) is 45.4 Å².